The van der Waals surface area contributed by atoms with Crippen LogP contribution in [-0.2, 0) is 4.74 Å². The number of hydrogen-bond acceptors (Lipinski definition) is 7. The Morgan fingerprint density at radius 3 is 2.19 bits per heavy atom. The summed E-state index contributed by atoms with van der Waals surface area (Å²) in [5.41, 5.74) is 1.20. The maximum atomic E-state index is 12.1. The van der Waals surface area contributed by atoms with E-state index in [1.54, 1.807) is 24.3 Å². The van der Waals surface area contributed by atoms with E-state index < -0.39 is 5.97 Å². The van der Waals surface area contributed by atoms with E-state index in [0.717, 1.165) is 17.9 Å². The Hall–Kier alpha value is -3.42. The molecule has 27 heavy (non-hydrogen) atoms. The third-order valence-electron chi connectivity index (χ3n) is 3.60. The molecule has 0 aliphatic rings. The number of aromatic nitrogens is 4. The topological polar surface area (TPSA) is 88.4 Å². The standard InChI is InChI=1S/C19H20N4O4/c1-2-11-25-17-7-9-18(10-8-17)26-12-13-27-19(24)15-3-5-16(6-4-15)23-14-20-21-22-23/h3-10,14H,2,11-13H2,1H3. The Morgan fingerprint density at radius 2 is 1.59 bits per heavy atom. The lowest BCUT2D eigenvalue weighted by molar-refractivity contribution is 0.0450. The van der Waals surface area contributed by atoms with E-state index in [2.05, 4.69) is 22.4 Å². The van der Waals surface area contributed by atoms with Crippen molar-refractivity contribution in [2.45, 2.75) is 13.3 Å². The number of rotatable bonds is 9. The van der Waals surface area contributed by atoms with Crippen LogP contribution in [-0.4, -0.2) is 46.0 Å². The normalized spacial score (nSPS) is 10.4. The maximum Gasteiger partial charge on any atom is 0.338 e. The van der Waals surface area contributed by atoms with Crippen molar-refractivity contribution in [2.24, 2.45) is 0 Å². The number of carbonyl (C=O) groups is 1. The predicted octanol–water partition coefficient (Wildman–Crippen LogP) is 2.69. The fourth-order valence-corrected chi connectivity index (χ4v) is 2.26. The average Bonchev–Trinajstić information content (AvgIpc) is 3.25. The second-order valence-corrected chi connectivity index (χ2v) is 5.61. The van der Waals surface area contributed by atoms with E-state index in [-0.39, 0.29) is 13.2 Å². The zero-order valence-corrected chi connectivity index (χ0v) is 14.9. The molecule has 0 saturated heterocycles. The second-order valence-electron chi connectivity index (χ2n) is 5.61. The van der Waals surface area contributed by atoms with Gasteiger partial charge in [-0.25, -0.2) is 9.48 Å². The van der Waals surface area contributed by atoms with Gasteiger partial charge in [0.25, 0.3) is 0 Å². The van der Waals surface area contributed by atoms with Crippen molar-refractivity contribution < 1.29 is 19.0 Å². The fraction of sp³-hybridized carbons (Fsp3) is 0.263. The van der Waals surface area contributed by atoms with E-state index in [4.69, 9.17) is 14.2 Å². The highest BCUT2D eigenvalue weighted by atomic mass is 16.6. The largest absolute Gasteiger partial charge is 0.494 e. The van der Waals surface area contributed by atoms with Gasteiger partial charge in [-0.15, -0.1) is 5.10 Å². The van der Waals surface area contributed by atoms with Crippen LogP contribution in [0.15, 0.2) is 54.9 Å². The first kappa shape index (κ1) is 18.4. The summed E-state index contributed by atoms with van der Waals surface area (Å²) in [6.07, 6.45) is 2.44. The molecule has 8 nitrogen and oxygen atoms in total. The van der Waals surface area contributed by atoms with Crippen LogP contribution < -0.4 is 9.47 Å². The van der Waals surface area contributed by atoms with Crippen LogP contribution in [0.3, 0.4) is 0 Å². The van der Waals surface area contributed by atoms with Gasteiger partial charge in [0.05, 0.1) is 17.9 Å². The third-order valence-corrected chi connectivity index (χ3v) is 3.60. The first-order chi connectivity index (χ1) is 13.3. The van der Waals surface area contributed by atoms with Crippen LogP contribution in [0.25, 0.3) is 5.69 Å². The van der Waals surface area contributed by atoms with Crippen molar-refractivity contribution in [3.8, 4) is 17.2 Å². The van der Waals surface area contributed by atoms with Gasteiger partial charge in [0.15, 0.2) is 0 Å². The van der Waals surface area contributed by atoms with Gasteiger partial charge in [-0.1, -0.05) is 6.92 Å². The highest BCUT2D eigenvalue weighted by molar-refractivity contribution is 5.89. The molecule has 0 atom stereocenters. The Labute approximate surface area is 156 Å². The second kappa shape index (κ2) is 9.33. The van der Waals surface area contributed by atoms with Crippen LogP contribution in [0, 0.1) is 0 Å². The van der Waals surface area contributed by atoms with Gasteiger partial charge in [-0.3, -0.25) is 0 Å². The van der Waals surface area contributed by atoms with E-state index in [1.165, 1.54) is 11.0 Å². The highest BCUT2D eigenvalue weighted by Gasteiger charge is 2.08. The summed E-state index contributed by atoms with van der Waals surface area (Å²) in [5.74, 6) is 1.09. The zero-order chi connectivity index (χ0) is 18.9. The smallest absolute Gasteiger partial charge is 0.338 e. The molecule has 3 rings (SSSR count). The number of carbonyl (C=O) groups excluding carboxylic acids is 1. The van der Waals surface area contributed by atoms with Crippen molar-refractivity contribution in [3.05, 3.63) is 60.4 Å². The quantitative estimate of drug-likeness (QED) is 0.424. The number of tetrazole rings is 1. The molecular weight excluding hydrogens is 348 g/mol. The number of hydrogen-bond donors (Lipinski definition) is 0. The molecule has 0 saturated carbocycles. The molecule has 2 aromatic carbocycles. The highest BCUT2D eigenvalue weighted by Crippen LogP contribution is 2.17. The van der Waals surface area contributed by atoms with Gasteiger partial charge in [0.1, 0.15) is 31.0 Å². The lowest BCUT2D eigenvalue weighted by atomic mass is 10.2. The van der Waals surface area contributed by atoms with Crippen molar-refractivity contribution in [1.82, 2.24) is 20.2 Å². The van der Waals surface area contributed by atoms with Crippen LogP contribution in [0.1, 0.15) is 23.7 Å². The van der Waals surface area contributed by atoms with Gasteiger partial charge in [0, 0.05) is 0 Å². The first-order valence-electron chi connectivity index (χ1n) is 8.62. The van der Waals surface area contributed by atoms with Gasteiger partial charge >= 0.3 is 5.97 Å². The third kappa shape index (κ3) is 5.27. The van der Waals surface area contributed by atoms with Crippen molar-refractivity contribution in [2.75, 3.05) is 19.8 Å². The van der Waals surface area contributed by atoms with Crippen LogP contribution in [0.4, 0.5) is 0 Å². The van der Waals surface area contributed by atoms with Gasteiger partial charge in [0.2, 0.25) is 0 Å². The lowest BCUT2D eigenvalue weighted by Crippen LogP contribution is -2.12. The number of ether oxygens (including phenoxy) is 3. The molecule has 0 N–H and O–H groups in total. The average molecular weight is 368 g/mol. The van der Waals surface area contributed by atoms with E-state index >= 15 is 0 Å². The Balaban J connectivity index is 1.41. The lowest BCUT2D eigenvalue weighted by Gasteiger charge is -2.09. The summed E-state index contributed by atoms with van der Waals surface area (Å²) in [5, 5.41) is 10.9. The summed E-state index contributed by atoms with van der Waals surface area (Å²) < 4.78 is 17.8. The van der Waals surface area contributed by atoms with Crippen molar-refractivity contribution in [3.63, 3.8) is 0 Å². The summed E-state index contributed by atoms with van der Waals surface area (Å²) in [7, 11) is 0. The minimum absolute atomic E-state index is 0.154. The molecule has 0 aliphatic carbocycles. The minimum atomic E-state index is -0.412. The van der Waals surface area contributed by atoms with Gasteiger partial charge in [-0.05, 0) is 65.4 Å². The SMILES string of the molecule is CCCOc1ccc(OCCOC(=O)c2ccc(-n3cnnn3)cc2)cc1. The molecule has 1 heterocycles. The molecule has 3 aromatic rings. The molecule has 0 bridgehead atoms. The molecule has 0 radical (unpaired) electrons. The number of nitrogens with zero attached hydrogens (tertiary/aromatic N) is 4. The van der Waals surface area contributed by atoms with E-state index in [1.807, 2.05) is 24.3 Å². The first-order valence-corrected chi connectivity index (χ1v) is 8.62. The molecule has 0 amide bonds. The summed E-state index contributed by atoms with van der Waals surface area (Å²) in [6, 6.07) is 14.2. The van der Waals surface area contributed by atoms with E-state index in [9.17, 15) is 4.79 Å². The van der Waals surface area contributed by atoms with Crippen molar-refractivity contribution in [1.29, 1.82) is 0 Å². The molecule has 0 aliphatic heterocycles. The molecular formula is C19H20N4O4. The van der Waals surface area contributed by atoms with Crippen LogP contribution in [0.2, 0.25) is 0 Å². The fourth-order valence-electron chi connectivity index (χ4n) is 2.26. The molecule has 140 valence electrons. The Kier molecular flexibility index (Phi) is 6.35. The summed E-state index contributed by atoms with van der Waals surface area (Å²) in [6.45, 7) is 3.17. The summed E-state index contributed by atoms with van der Waals surface area (Å²) >= 11 is 0. The molecule has 1 aromatic heterocycles. The maximum absolute atomic E-state index is 12.1. The van der Waals surface area contributed by atoms with Crippen molar-refractivity contribution >= 4 is 5.97 Å². The number of esters is 1. The molecule has 8 heteroatoms. The van der Waals surface area contributed by atoms with E-state index in [0.29, 0.717) is 17.9 Å². The van der Waals surface area contributed by atoms with Gasteiger partial charge < -0.3 is 14.2 Å². The minimum Gasteiger partial charge on any atom is -0.494 e. The van der Waals surface area contributed by atoms with Crippen LogP contribution in [0.5, 0.6) is 11.5 Å². The zero-order valence-electron chi connectivity index (χ0n) is 14.9. The molecule has 0 fully saturated rings. The summed E-state index contributed by atoms with van der Waals surface area (Å²) in [4.78, 5) is 12.1. The predicted molar refractivity (Wildman–Crippen MR) is 97.2 cm³/mol. The van der Waals surface area contributed by atoms with Crippen LogP contribution >= 0.6 is 0 Å². The Bertz CT molecular complexity index is 833. The molecule has 0 spiro atoms. The Morgan fingerprint density at radius 1 is 0.926 bits per heavy atom. The number of benzene rings is 2. The van der Waals surface area contributed by atoms with Gasteiger partial charge in [-0.2, -0.15) is 0 Å². The monoisotopic (exact) mass is 368 g/mol. The molecule has 0 unspecified atom stereocenters.